The summed E-state index contributed by atoms with van der Waals surface area (Å²) in [6, 6.07) is 17.6. The highest BCUT2D eigenvalue weighted by Crippen LogP contribution is 2.27. The number of nitrogens with two attached hydrogens (primary N) is 1. The molecule has 4 amide bonds. The zero-order valence-corrected chi connectivity index (χ0v) is 16.2. The van der Waals surface area contributed by atoms with Crippen molar-refractivity contribution in [2.45, 2.75) is 25.4 Å². The Hall–Kier alpha value is -3.19. The Morgan fingerprint density at radius 1 is 0.966 bits per heavy atom. The third-order valence-corrected chi connectivity index (χ3v) is 5.19. The van der Waals surface area contributed by atoms with Gasteiger partial charge in [0.25, 0.3) is 0 Å². The second kappa shape index (κ2) is 9.84. The van der Waals surface area contributed by atoms with Gasteiger partial charge in [-0.2, -0.15) is 0 Å². The van der Waals surface area contributed by atoms with Crippen molar-refractivity contribution in [1.82, 2.24) is 15.5 Å². The second-order valence-electron chi connectivity index (χ2n) is 7.18. The van der Waals surface area contributed by atoms with Crippen LogP contribution in [0.1, 0.15) is 30.0 Å². The average Bonchev–Trinajstić information content (AvgIpc) is 2.74. The van der Waals surface area contributed by atoms with Crippen molar-refractivity contribution in [1.29, 1.82) is 0 Å². The summed E-state index contributed by atoms with van der Waals surface area (Å²) in [5.74, 6) is -0.507. The summed E-state index contributed by atoms with van der Waals surface area (Å²) >= 11 is 0. The number of nitrogens with one attached hydrogen (secondary N) is 2. The third kappa shape index (κ3) is 5.65. The van der Waals surface area contributed by atoms with Crippen LogP contribution in [-0.2, 0) is 16.1 Å². The minimum atomic E-state index is -0.869. The lowest BCUT2D eigenvalue weighted by Gasteiger charge is -2.36. The van der Waals surface area contributed by atoms with Crippen LogP contribution >= 0.6 is 0 Å². The molecular formula is C22H26N4O3. The molecule has 2 aromatic carbocycles. The van der Waals surface area contributed by atoms with Crippen LogP contribution in [0, 0.1) is 5.92 Å². The van der Waals surface area contributed by atoms with Crippen LogP contribution in [-0.4, -0.2) is 35.8 Å². The SMILES string of the molecule is NC(=O)NC(=O)[C@@H](c1ccccc1)N1CCC(C(=O)NCc2ccccc2)CC1. The number of rotatable bonds is 6. The highest BCUT2D eigenvalue weighted by Gasteiger charge is 2.33. The van der Waals surface area contributed by atoms with Crippen LogP contribution in [0.15, 0.2) is 60.7 Å². The van der Waals surface area contributed by atoms with Crippen LogP contribution < -0.4 is 16.4 Å². The van der Waals surface area contributed by atoms with Crippen LogP contribution in [0.5, 0.6) is 0 Å². The van der Waals surface area contributed by atoms with Gasteiger partial charge in [-0.3, -0.25) is 19.8 Å². The highest BCUT2D eigenvalue weighted by molar-refractivity contribution is 5.96. The van der Waals surface area contributed by atoms with E-state index in [1.807, 2.05) is 65.6 Å². The number of primary amides is 1. The monoisotopic (exact) mass is 394 g/mol. The lowest BCUT2D eigenvalue weighted by atomic mass is 9.93. The number of hydrogen-bond acceptors (Lipinski definition) is 4. The molecule has 7 nitrogen and oxygen atoms in total. The van der Waals surface area contributed by atoms with Crippen molar-refractivity contribution in [3.8, 4) is 0 Å². The molecule has 0 radical (unpaired) electrons. The lowest BCUT2D eigenvalue weighted by Crippen LogP contribution is -2.48. The van der Waals surface area contributed by atoms with E-state index in [1.54, 1.807) is 0 Å². The van der Waals surface area contributed by atoms with E-state index in [9.17, 15) is 14.4 Å². The van der Waals surface area contributed by atoms with E-state index in [0.717, 1.165) is 11.1 Å². The number of hydrogen-bond donors (Lipinski definition) is 3. The molecule has 1 aliphatic rings. The largest absolute Gasteiger partial charge is 0.352 e. The summed E-state index contributed by atoms with van der Waals surface area (Å²) in [4.78, 5) is 38.3. The standard InChI is InChI=1S/C22H26N4O3/c23-22(29)25-21(28)19(17-9-5-2-6-10-17)26-13-11-18(12-14-26)20(27)24-15-16-7-3-1-4-8-16/h1-10,18-19H,11-15H2,(H,24,27)(H3,23,25,28,29)/t19-/m1/s1. The Morgan fingerprint density at radius 2 is 1.55 bits per heavy atom. The van der Waals surface area contributed by atoms with Crippen LogP contribution in [0.2, 0.25) is 0 Å². The third-order valence-electron chi connectivity index (χ3n) is 5.19. The molecule has 2 aromatic rings. The topological polar surface area (TPSA) is 105 Å². The fraction of sp³-hybridized carbons (Fsp3) is 0.318. The van der Waals surface area contributed by atoms with E-state index >= 15 is 0 Å². The van der Waals surface area contributed by atoms with E-state index in [4.69, 9.17) is 5.73 Å². The van der Waals surface area contributed by atoms with Crippen LogP contribution in [0.3, 0.4) is 0 Å². The molecule has 0 saturated carbocycles. The first-order valence-corrected chi connectivity index (χ1v) is 9.75. The molecule has 0 aromatic heterocycles. The maximum Gasteiger partial charge on any atom is 0.318 e. The minimum Gasteiger partial charge on any atom is -0.352 e. The molecule has 3 rings (SSSR count). The number of likely N-dealkylation sites (tertiary alicyclic amines) is 1. The van der Waals surface area contributed by atoms with Gasteiger partial charge in [0.2, 0.25) is 11.8 Å². The number of amides is 4. The number of nitrogens with zero attached hydrogens (tertiary/aromatic N) is 1. The fourth-order valence-electron chi connectivity index (χ4n) is 3.70. The van der Waals surface area contributed by atoms with Gasteiger partial charge in [0.1, 0.15) is 6.04 Å². The normalized spacial score (nSPS) is 16.0. The van der Waals surface area contributed by atoms with Crippen molar-refractivity contribution in [3.05, 3.63) is 71.8 Å². The number of imide groups is 1. The molecule has 0 aliphatic carbocycles. The predicted octanol–water partition coefficient (Wildman–Crippen LogP) is 1.95. The molecule has 152 valence electrons. The lowest BCUT2D eigenvalue weighted by molar-refractivity contribution is -0.128. The van der Waals surface area contributed by atoms with Crippen molar-refractivity contribution >= 4 is 17.8 Å². The summed E-state index contributed by atoms with van der Waals surface area (Å²) in [6.07, 6.45) is 1.29. The van der Waals surface area contributed by atoms with Gasteiger partial charge in [-0.1, -0.05) is 60.7 Å². The van der Waals surface area contributed by atoms with Crippen LogP contribution in [0.4, 0.5) is 4.79 Å². The molecule has 1 aliphatic heterocycles. The predicted molar refractivity (Wildman–Crippen MR) is 109 cm³/mol. The molecule has 0 unspecified atom stereocenters. The van der Waals surface area contributed by atoms with Gasteiger partial charge in [0, 0.05) is 12.5 Å². The Labute approximate surface area is 170 Å². The van der Waals surface area contributed by atoms with Crippen molar-refractivity contribution in [2.75, 3.05) is 13.1 Å². The van der Waals surface area contributed by atoms with E-state index < -0.39 is 18.0 Å². The molecule has 1 heterocycles. The molecule has 4 N–H and O–H groups in total. The number of urea groups is 1. The quantitative estimate of drug-likeness (QED) is 0.696. The van der Waals surface area contributed by atoms with Gasteiger partial charge >= 0.3 is 6.03 Å². The Balaban J connectivity index is 1.60. The van der Waals surface area contributed by atoms with Gasteiger partial charge in [-0.25, -0.2) is 4.79 Å². The first-order valence-electron chi connectivity index (χ1n) is 9.75. The molecule has 0 spiro atoms. The first kappa shape index (κ1) is 20.5. The number of carbonyl (C=O) groups excluding carboxylic acids is 3. The van der Waals surface area contributed by atoms with E-state index in [0.29, 0.717) is 32.5 Å². The maximum absolute atomic E-state index is 12.6. The number of piperidine rings is 1. The molecule has 1 saturated heterocycles. The maximum atomic E-state index is 12.6. The van der Waals surface area contributed by atoms with E-state index in [2.05, 4.69) is 10.6 Å². The smallest absolute Gasteiger partial charge is 0.318 e. The zero-order chi connectivity index (χ0) is 20.6. The Morgan fingerprint density at radius 3 is 2.14 bits per heavy atom. The van der Waals surface area contributed by atoms with Gasteiger partial charge < -0.3 is 11.1 Å². The summed E-state index contributed by atoms with van der Waals surface area (Å²) in [7, 11) is 0. The van der Waals surface area contributed by atoms with Crippen molar-refractivity contribution in [3.63, 3.8) is 0 Å². The van der Waals surface area contributed by atoms with Crippen LogP contribution in [0.25, 0.3) is 0 Å². The molecule has 7 heteroatoms. The molecule has 1 fully saturated rings. The van der Waals surface area contributed by atoms with Gasteiger partial charge in [0.15, 0.2) is 0 Å². The van der Waals surface area contributed by atoms with Crippen molar-refractivity contribution in [2.24, 2.45) is 11.7 Å². The van der Waals surface area contributed by atoms with E-state index in [-0.39, 0.29) is 11.8 Å². The van der Waals surface area contributed by atoms with Gasteiger partial charge in [-0.05, 0) is 37.1 Å². The Kier molecular flexibility index (Phi) is 6.97. The molecular weight excluding hydrogens is 368 g/mol. The summed E-state index contributed by atoms with van der Waals surface area (Å²) in [6.45, 7) is 1.66. The number of carbonyl (C=O) groups is 3. The zero-order valence-electron chi connectivity index (χ0n) is 16.2. The number of benzene rings is 2. The van der Waals surface area contributed by atoms with Crippen molar-refractivity contribution < 1.29 is 14.4 Å². The van der Waals surface area contributed by atoms with Gasteiger partial charge in [-0.15, -0.1) is 0 Å². The summed E-state index contributed by atoms with van der Waals surface area (Å²) in [5.41, 5.74) is 6.99. The molecule has 1 atom stereocenters. The highest BCUT2D eigenvalue weighted by atomic mass is 16.2. The Bertz CT molecular complexity index is 834. The summed E-state index contributed by atoms with van der Waals surface area (Å²) in [5, 5.41) is 5.19. The first-order chi connectivity index (χ1) is 14.0. The minimum absolute atomic E-state index is 0.0337. The van der Waals surface area contributed by atoms with E-state index in [1.165, 1.54) is 0 Å². The average molecular weight is 394 g/mol. The molecule has 0 bridgehead atoms. The second-order valence-corrected chi connectivity index (χ2v) is 7.18. The summed E-state index contributed by atoms with van der Waals surface area (Å²) < 4.78 is 0. The van der Waals surface area contributed by atoms with Gasteiger partial charge in [0.05, 0.1) is 0 Å². The molecule has 29 heavy (non-hydrogen) atoms. The fourth-order valence-corrected chi connectivity index (χ4v) is 3.70.